The van der Waals surface area contributed by atoms with E-state index in [4.69, 9.17) is 0 Å². The Hall–Kier alpha value is -0.0400. The van der Waals surface area contributed by atoms with E-state index in [1.54, 1.807) is 0 Å². The minimum atomic E-state index is 0.723. The van der Waals surface area contributed by atoms with Gasteiger partial charge in [-0.05, 0) is 31.2 Å². The largest absolute Gasteiger partial charge is 0.314 e. The number of rotatable bonds is 10. The molecule has 0 amide bonds. The second-order valence-electron chi connectivity index (χ2n) is 5.20. The molecule has 0 aromatic rings. The lowest BCUT2D eigenvalue weighted by molar-refractivity contribution is 0.284. The van der Waals surface area contributed by atoms with Crippen LogP contribution >= 0.6 is 0 Å². The fourth-order valence-electron chi connectivity index (χ4n) is 2.68. The van der Waals surface area contributed by atoms with Gasteiger partial charge in [0.2, 0.25) is 0 Å². The first-order valence-corrected chi connectivity index (χ1v) is 7.42. The molecule has 3 unspecified atom stereocenters. The fourth-order valence-corrected chi connectivity index (χ4v) is 2.68. The summed E-state index contributed by atoms with van der Waals surface area (Å²) in [6.45, 7) is 12.7. The SMILES string of the molecule is CCCCC(CC)CC(C)C(CC)NCC. The zero-order valence-electron chi connectivity index (χ0n) is 12.2. The van der Waals surface area contributed by atoms with E-state index in [-0.39, 0.29) is 0 Å². The standard InChI is InChI=1S/C15H33N/c1-6-10-11-14(7-2)12-13(5)15(8-3)16-9-4/h13-16H,6-12H2,1-5H3. The molecular formula is C15H33N. The molecular weight excluding hydrogens is 194 g/mol. The molecule has 0 radical (unpaired) electrons. The Balaban J connectivity index is 3.99. The van der Waals surface area contributed by atoms with E-state index in [9.17, 15) is 0 Å². The first kappa shape index (κ1) is 16.0. The molecule has 3 atom stereocenters. The van der Waals surface area contributed by atoms with E-state index in [2.05, 4.69) is 39.9 Å². The Labute approximate surface area is 103 Å². The van der Waals surface area contributed by atoms with Crippen LogP contribution in [0.5, 0.6) is 0 Å². The molecule has 0 saturated heterocycles. The molecule has 0 heterocycles. The first-order valence-electron chi connectivity index (χ1n) is 7.42. The molecule has 16 heavy (non-hydrogen) atoms. The highest BCUT2D eigenvalue weighted by Gasteiger charge is 2.18. The van der Waals surface area contributed by atoms with Crippen molar-refractivity contribution in [1.82, 2.24) is 5.32 Å². The van der Waals surface area contributed by atoms with Crippen molar-refractivity contribution in [2.45, 2.75) is 79.2 Å². The summed E-state index contributed by atoms with van der Waals surface area (Å²) in [6.07, 6.45) is 8.20. The Bertz CT molecular complexity index is 144. The predicted octanol–water partition coefficient (Wildman–Crippen LogP) is 4.62. The summed E-state index contributed by atoms with van der Waals surface area (Å²) in [7, 11) is 0. The molecule has 0 aliphatic heterocycles. The van der Waals surface area contributed by atoms with E-state index in [1.165, 1.54) is 38.5 Å². The maximum atomic E-state index is 3.62. The van der Waals surface area contributed by atoms with Gasteiger partial charge in [0.25, 0.3) is 0 Å². The van der Waals surface area contributed by atoms with Crippen molar-refractivity contribution in [2.24, 2.45) is 11.8 Å². The minimum absolute atomic E-state index is 0.723. The van der Waals surface area contributed by atoms with Crippen molar-refractivity contribution >= 4 is 0 Å². The number of hydrogen-bond donors (Lipinski definition) is 1. The second kappa shape index (κ2) is 10.1. The smallest absolute Gasteiger partial charge is 0.00900 e. The maximum Gasteiger partial charge on any atom is 0.00900 e. The lowest BCUT2D eigenvalue weighted by atomic mass is 9.85. The molecule has 1 nitrogen and oxygen atoms in total. The molecule has 0 bridgehead atoms. The highest BCUT2D eigenvalue weighted by Crippen LogP contribution is 2.24. The van der Waals surface area contributed by atoms with Gasteiger partial charge in [-0.1, -0.05) is 60.3 Å². The van der Waals surface area contributed by atoms with Crippen molar-refractivity contribution in [3.8, 4) is 0 Å². The van der Waals surface area contributed by atoms with Crippen LogP contribution in [0.25, 0.3) is 0 Å². The molecule has 0 rings (SSSR count). The number of unbranched alkanes of at least 4 members (excludes halogenated alkanes) is 1. The van der Waals surface area contributed by atoms with Crippen molar-refractivity contribution in [2.75, 3.05) is 6.54 Å². The molecule has 0 fully saturated rings. The summed E-state index contributed by atoms with van der Waals surface area (Å²) in [5.74, 6) is 1.77. The molecule has 0 aromatic carbocycles. The molecule has 1 heteroatoms. The topological polar surface area (TPSA) is 12.0 Å². The van der Waals surface area contributed by atoms with Gasteiger partial charge in [-0.15, -0.1) is 0 Å². The average Bonchev–Trinajstić information content (AvgIpc) is 2.30. The molecule has 0 aliphatic carbocycles. The van der Waals surface area contributed by atoms with Gasteiger partial charge >= 0.3 is 0 Å². The lowest BCUT2D eigenvalue weighted by Crippen LogP contribution is -2.35. The highest BCUT2D eigenvalue weighted by atomic mass is 14.9. The average molecular weight is 227 g/mol. The highest BCUT2D eigenvalue weighted by molar-refractivity contribution is 4.74. The van der Waals surface area contributed by atoms with Crippen LogP contribution in [0.1, 0.15) is 73.1 Å². The molecule has 0 aromatic heterocycles. The van der Waals surface area contributed by atoms with Crippen LogP contribution in [0.15, 0.2) is 0 Å². The summed E-state index contributed by atoms with van der Waals surface area (Å²) in [5.41, 5.74) is 0. The summed E-state index contributed by atoms with van der Waals surface area (Å²) in [6, 6.07) is 0.723. The van der Waals surface area contributed by atoms with Gasteiger partial charge in [-0.3, -0.25) is 0 Å². The summed E-state index contributed by atoms with van der Waals surface area (Å²) < 4.78 is 0. The zero-order valence-corrected chi connectivity index (χ0v) is 12.2. The quantitative estimate of drug-likeness (QED) is 0.574. The Morgan fingerprint density at radius 1 is 1.00 bits per heavy atom. The van der Waals surface area contributed by atoms with Gasteiger partial charge in [0.05, 0.1) is 0 Å². The normalized spacial score (nSPS) is 17.1. The van der Waals surface area contributed by atoms with E-state index in [1.807, 2.05) is 0 Å². The molecule has 0 aliphatic rings. The molecule has 0 spiro atoms. The van der Waals surface area contributed by atoms with Crippen LogP contribution in [0.4, 0.5) is 0 Å². The van der Waals surface area contributed by atoms with Crippen molar-refractivity contribution < 1.29 is 0 Å². The second-order valence-corrected chi connectivity index (χ2v) is 5.20. The first-order chi connectivity index (χ1) is 7.69. The lowest BCUT2D eigenvalue weighted by Gasteiger charge is -2.27. The summed E-state index contributed by atoms with van der Waals surface area (Å²) >= 11 is 0. The summed E-state index contributed by atoms with van der Waals surface area (Å²) in [4.78, 5) is 0. The van der Waals surface area contributed by atoms with Crippen LogP contribution in [0.3, 0.4) is 0 Å². The Kier molecular flexibility index (Phi) is 10.1. The van der Waals surface area contributed by atoms with Crippen LogP contribution < -0.4 is 5.32 Å². The predicted molar refractivity (Wildman–Crippen MR) is 74.8 cm³/mol. The van der Waals surface area contributed by atoms with Gasteiger partial charge in [-0.25, -0.2) is 0 Å². The van der Waals surface area contributed by atoms with Crippen molar-refractivity contribution in [3.05, 3.63) is 0 Å². The van der Waals surface area contributed by atoms with Gasteiger partial charge in [-0.2, -0.15) is 0 Å². The molecule has 98 valence electrons. The third kappa shape index (κ3) is 6.52. The van der Waals surface area contributed by atoms with Crippen molar-refractivity contribution in [1.29, 1.82) is 0 Å². The van der Waals surface area contributed by atoms with E-state index in [0.29, 0.717) is 0 Å². The van der Waals surface area contributed by atoms with Crippen LogP contribution in [-0.4, -0.2) is 12.6 Å². The molecule has 0 saturated carbocycles. The van der Waals surface area contributed by atoms with E-state index < -0.39 is 0 Å². The van der Waals surface area contributed by atoms with Crippen LogP contribution in [-0.2, 0) is 0 Å². The molecule has 1 N–H and O–H groups in total. The number of nitrogens with one attached hydrogen (secondary N) is 1. The fraction of sp³-hybridized carbons (Fsp3) is 1.00. The monoisotopic (exact) mass is 227 g/mol. The minimum Gasteiger partial charge on any atom is -0.314 e. The van der Waals surface area contributed by atoms with Crippen LogP contribution in [0.2, 0.25) is 0 Å². The van der Waals surface area contributed by atoms with E-state index in [0.717, 1.165) is 24.4 Å². The van der Waals surface area contributed by atoms with E-state index >= 15 is 0 Å². The van der Waals surface area contributed by atoms with Gasteiger partial charge in [0.1, 0.15) is 0 Å². The van der Waals surface area contributed by atoms with Crippen LogP contribution in [0, 0.1) is 11.8 Å². The zero-order chi connectivity index (χ0) is 12.4. The third-order valence-electron chi connectivity index (χ3n) is 3.84. The number of hydrogen-bond acceptors (Lipinski definition) is 1. The third-order valence-corrected chi connectivity index (χ3v) is 3.84. The van der Waals surface area contributed by atoms with Gasteiger partial charge in [0, 0.05) is 6.04 Å². The Morgan fingerprint density at radius 2 is 1.69 bits per heavy atom. The Morgan fingerprint density at radius 3 is 2.12 bits per heavy atom. The maximum absolute atomic E-state index is 3.62. The van der Waals surface area contributed by atoms with Crippen molar-refractivity contribution in [3.63, 3.8) is 0 Å². The van der Waals surface area contributed by atoms with Gasteiger partial charge in [0.15, 0.2) is 0 Å². The summed E-state index contributed by atoms with van der Waals surface area (Å²) in [5, 5.41) is 3.62. The van der Waals surface area contributed by atoms with Gasteiger partial charge < -0.3 is 5.32 Å².